The van der Waals surface area contributed by atoms with Crippen molar-refractivity contribution >= 4 is 0 Å². The third kappa shape index (κ3) is 13.5. The Bertz CT molecular complexity index is 1400. The number of aromatic nitrogens is 3. The first-order valence-corrected chi connectivity index (χ1v) is 13.6. The zero-order chi connectivity index (χ0) is 31.3. The number of pyridine rings is 3. The molecule has 3 aromatic carbocycles. The number of hydrogen-bond acceptors (Lipinski definition) is 6. The molecule has 0 amide bonds. The van der Waals surface area contributed by atoms with E-state index >= 15 is 0 Å². The van der Waals surface area contributed by atoms with Crippen LogP contribution in [0.2, 0.25) is 0 Å². The van der Waals surface area contributed by atoms with Gasteiger partial charge in [-0.1, -0.05) is 54.6 Å². The van der Waals surface area contributed by atoms with Crippen LogP contribution in [0.15, 0.2) is 146 Å². The second-order valence-corrected chi connectivity index (χ2v) is 8.20. The maximum atomic E-state index is 9.52. The molecule has 3 N–H and O–H groups in total. The Balaban J connectivity index is 0.000000598. The van der Waals surface area contributed by atoms with Crippen LogP contribution in [0.5, 0.6) is 17.2 Å². The molecule has 0 unspecified atom stereocenters. The van der Waals surface area contributed by atoms with Crippen LogP contribution in [-0.2, 0) is 39.0 Å². The molecule has 222 valence electrons. The quantitative estimate of drug-likeness (QED) is 0.126. The molecule has 0 atom stereocenters. The Morgan fingerprint density at radius 2 is 0.600 bits per heavy atom. The molecule has 0 aliphatic rings. The van der Waals surface area contributed by atoms with Crippen LogP contribution in [0.25, 0.3) is 33.8 Å². The van der Waals surface area contributed by atoms with Crippen LogP contribution < -0.4 is 0 Å². The number of rotatable bonds is 3. The van der Waals surface area contributed by atoms with Gasteiger partial charge in [0.1, 0.15) is 17.2 Å². The van der Waals surface area contributed by atoms with E-state index in [0.29, 0.717) is 0 Å². The third-order valence-corrected chi connectivity index (χ3v) is 5.53. The van der Waals surface area contributed by atoms with E-state index in [1.165, 1.54) is 0 Å². The maximum Gasteiger partial charge on any atom is 2.00 e. The summed E-state index contributed by atoms with van der Waals surface area (Å²) in [7, 11) is 0. The number of para-hydroxylation sites is 3. The summed E-state index contributed by atoms with van der Waals surface area (Å²) in [5.41, 5.74) is 4.68. The van der Waals surface area contributed by atoms with Gasteiger partial charge in [-0.15, -0.1) is 0 Å². The third-order valence-electron chi connectivity index (χ3n) is 5.53. The van der Waals surface area contributed by atoms with Gasteiger partial charge in [-0.05, 0) is 72.8 Å². The van der Waals surface area contributed by atoms with Gasteiger partial charge in [0, 0.05) is 54.8 Å². The second-order valence-electron chi connectivity index (χ2n) is 8.20. The summed E-state index contributed by atoms with van der Waals surface area (Å²) < 4.78 is 0. The molecular formula is C37H37N3O3Zn2. The summed E-state index contributed by atoms with van der Waals surface area (Å²) in [6.07, 6.45) is 5.13. The minimum absolute atomic E-state index is 0. The van der Waals surface area contributed by atoms with Crippen molar-refractivity contribution in [2.45, 2.75) is 13.8 Å². The van der Waals surface area contributed by atoms with Crippen molar-refractivity contribution in [2.24, 2.45) is 0 Å². The van der Waals surface area contributed by atoms with Gasteiger partial charge in [0.2, 0.25) is 0 Å². The number of phenolic OH excluding ortho intramolecular Hbond substituents is 3. The Labute approximate surface area is 292 Å². The van der Waals surface area contributed by atoms with Crippen molar-refractivity contribution in [1.29, 1.82) is 0 Å². The number of benzene rings is 3. The van der Waals surface area contributed by atoms with Crippen LogP contribution in [0.3, 0.4) is 0 Å². The number of phenols is 3. The van der Waals surface area contributed by atoms with E-state index in [1.807, 2.05) is 91.0 Å². The fourth-order valence-corrected chi connectivity index (χ4v) is 3.64. The predicted molar refractivity (Wildman–Crippen MR) is 176 cm³/mol. The molecule has 0 aliphatic heterocycles. The normalized spacial score (nSPS) is 8.80. The van der Waals surface area contributed by atoms with Crippen molar-refractivity contribution in [3.8, 4) is 51.0 Å². The summed E-state index contributed by atoms with van der Waals surface area (Å²) in [5.74, 6) is 0.795. The fraction of sp³-hybridized carbons (Fsp3) is 0.0541. The Morgan fingerprint density at radius 1 is 0.378 bits per heavy atom. The van der Waals surface area contributed by atoms with Gasteiger partial charge in [0.05, 0.1) is 17.1 Å². The van der Waals surface area contributed by atoms with Crippen LogP contribution in [0, 0.1) is 13.8 Å². The smallest absolute Gasteiger partial charge is 0.507 e. The molecule has 0 saturated carbocycles. The summed E-state index contributed by atoms with van der Waals surface area (Å²) in [5, 5.41) is 28.6. The first kappa shape index (κ1) is 40.8. The van der Waals surface area contributed by atoms with Crippen LogP contribution in [0.1, 0.15) is 13.8 Å². The van der Waals surface area contributed by atoms with Crippen LogP contribution in [-0.4, -0.2) is 30.3 Å². The molecule has 0 spiro atoms. The molecule has 45 heavy (non-hydrogen) atoms. The average Bonchev–Trinajstić information content (AvgIpc) is 3.09. The standard InChI is InChI=1S/3C11H9NO.2C2H5.2Zn/c3*13-11-7-2-1-5-9(11)10-6-3-4-8-12-10;2*1-2;;/h3*1-8,13H;2*1H2,2H3;;/q;;;2*-1;;+2. The summed E-state index contributed by atoms with van der Waals surface area (Å²) in [6.45, 7) is 10.0. The minimum Gasteiger partial charge on any atom is -0.507 e. The predicted octanol–water partition coefficient (Wildman–Crippen LogP) is 9.04. The molecule has 3 aromatic heterocycles. The van der Waals surface area contributed by atoms with Crippen molar-refractivity contribution in [3.63, 3.8) is 0 Å². The monoisotopic (exact) mass is 699 g/mol. The van der Waals surface area contributed by atoms with Gasteiger partial charge in [-0.25, -0.2) is 0 Å². The SMILES string of the molecule is Oc1ccccc1-c1ccccn1.Oc1ccccc1-c1ccccn1.Oc1ccccc1-c1ccccn1.[CH2-]C.[CH2-]C.[Zn+2].[Zn]. The molecule has 6 aromatic rings. The first-order chi connectivity index (χ1) is 21.1. The van der Waals surface area contributed by atoms with Crippen molar-refractivity contribution < 1.29 is 54.3 Å². The van der Waals surface area contributed by atoms with Crippen molar-refractivity contribution in [1.82, 2.24) is 15.0 Å². The van der Waals surface area contributed by atoms with E-state index in [9.17, 15) is 15.3 Å². The Kier molecular flexibility index (Phi) is 21.8. The van der Waals surface area contributed by atoms with E-state index in [-0.39, 0.29) is 56.2 Å². The van der Waals surface area contributed by atoms with E-state index < -0.39 is 0 Å². The number of hydrogen-bond donors (Lipinski definition) is 3. The zero-order valence-corrected chi connectivity index (χ0v) is 31.8. The minimum atomic E-state index is 0. The summed E-state index contributed by atoms with van der Waals surface area (Å²) >= 11 is 0. The molecule has 0 aliphatic carbocycles. The van der Waals surface area contributed by atoms with Gasteiger partial charge >= 0.3 is 19.5 Å². The molecular weight excluding hydrogens is 665 g/mol. The van der Waals surface area contributed by atoms with Crippen LogP contribution in [0.4, 0.5) is 0 Å². The van der Waals surface area contributed by atoms with Gasteiger partial charge in [0.15, 0.2) is 0 Å². The number of aromatic hydroxyl groups is 3. The average molecular weight is 703 g/mol. The second kappa shape index (κ2) is 24.1. The Hall–Kier alpha value is -4.24. The summed E-state index contributed by atoms with van der Waals surface area (Å²) in [6, 6.07) is 38.4. The molecule has 0 saturated heterocycles. The van der Waals surface area contributed by atoms with E-state index in [4.69, 9.17) is 0 Å². The van der Waals surface area contributed by atoms with Crippen LogP contribution >= 0.6 is 0 Å². The topological polar surface area (TPSA) is 99.4 Å². The zero-order valence-electron chi connectivity index (χ0n) is 25.9. The van der Waals surface area contributed by atoms with E-state index in [0.717, 1.165) is 33.8 Å². The molecule has 6 nitrogen and oxygen atoms in total. The molecule has 0 fully saturated rings. The molecule has 0 radical (unpaired) electrons. The molecule has 0 bridgehead atoms. The molecule has 8 heteroatoms. The molecule has 6 rings (SSSR count). The number of nitrogens with zero attached hydrogens (tertiary/aromatic N) is 3. The van der Waals surface area contributed by atoms with E-state index in [1.54, 1.807) is 68.8 Å². The summed E-state index contributed by atoms with van der Waals surface area (Å²) in [4.78, 5) is 12.4. The van der Waals surface area contributed by atoms with Gasteiger partial charge < -0.3 is 29.2 Å². The Morgan fingerprint density at radius 3 is 0.800 bits per heavy atom. The van der Waals surface area contributed by atoms with Gasteiger partial charge in [0.25, 0.3) is 0 Å². The largest absolute Gasteiger partial charge is 2.00 e. The van der Waals surface area contributed by atoms with Gasteiger partial charge in [-0.2, -0.15) is 13.8 Å². The van der Waals surface area contributed by atoms with Gasteiger partial charge in [-0.3, -0.25) is 15.0 Å². The van der Waals surface area contributed by atoms with Crippen molar-refractivity contribution in [2.75, 3.05) is 0 Å². The van der Waals surface area contributed by atoms with E-state index in [2.05, 4.69) is 28.8 Å². The fourth-order valence-electron chi connectivity index (χ4n) is 3.64. The first-order valence-electron chi connectivity index (χ1n) is 13.6. The maximum absolute atomic E-state index is 9.52. The van der Waals surface area contributed by atoms with Crippen molar-refractivity contribution in [3.05, 3.63) is 160 Å². The molecule has 3 heterocycles.